The van der Waals surface area contributed by atoms with Gasteiger partial charge in [0, 0.05) is 87.3 Å². The minimum atomic E-state index is -5.25. The first-order chi connectivity index (χ1) is 42.9. The molecule has 0 aliphatic heterocycles. The van der Waals surface area contributed by atoms with Crippen LogP contribution in [0.5, 0.6) is 0 Å². The van der Waals surface area contributed by atoms with E-state index in [9.17, 15) is 43.2 Å². The molecule has 0 amide bonds. The number of rotatable bonds is 20. The van der Waals surface area contributed by atoms with Gasteiger partial charge < -0.3 is 41.5 Å². The number of fused-ring (bicyclic) bond motifs is 2. The van der Waals surface area contributed by atoms with Crippen LogP contribution in [0.3, 0.4) is 0 Å². The molecule has 0 bridgehead atoms. The number of sulfonamides is 2. The van der Waals surface area contributed by atoms with Crippen LogP contribution in [0.2, 0.25) is 0 Å². The molecule has 2 aliphatic rings. The van der Waals surface area contributed by atoms with E-state index in [-0.39, 0.29) is 31.3 Å². The van der Waals surface area contributed by atoms with Gasteiger partial charge in [-0.2, -0.15) is 40.4 Å². The Bertz CT molecular complexity index is 3350. The molecule has 6 aromatic carbocycles. The van der Waals surface area contributed by atoms with Crippen LogP contribution in [0.15, 0.2) is 170 Å². The van der Waals surface area contributed by atoms with E-state index in [0.717, 1.165) is 65.4 Å². The maximum Gasteiger partial charge on any atom is 1.00 e. The predicted octanol–water partition coefficient (Wildman–Crippen LogP) is 7.28. The molecule has 22 heteroatoms. The van der Waals surface area contributed by atoms with Gasteiger partial charge in [-0.25, -0.2) is 26.8 Å². The van der Waals surface area contributed by atoms with Gasteiger partial charge >= 0.3 is 29.9 Å². The number of alkyl halides is 6. The van der Waals surface area contributed by atoms with Gasteiger partial charge in [-0.05, 0) is 198 Å². The molecule has 0 spiro atoms. The summed E-state index contributed by atoms with van der Waals surface area (Å²) in [5, 5.41) is 0. The zero-order chi connectivity index (χ0) is 66.4. The molecule has 0 unspecified atom stereocenters. The molecular formula is C70H86ClF6LiN8O4S2. The molecule has 2 N–H and O–H groups in total. The average Bonchev–Trinajstić information content (AvgIpc) is 0.782. The monoisotopic (exact) mass is 1320 g/mol. The molecular weight excluding hydrogens is 1240 g/mol. The van der Waals surface area contributed by atoms with Crippen LogP contribution in [-0.2, 0) is 20.0 Å². The predicted molar refractivity (Wildman–Crippen MR) is 363 cm³/mol. The largest absolute Gasteiger partial charge is 1.00 e. The molecule has 0 fully saturated rings. The van der Waals surface area contributed by atoms with Crippen molar-refractivity contribution in [3.63, 3.8) is 0 Å². The zero-order valence-electron chi connectivity index (χ0n) is 55.0. The Morgan fingerprint density at radius 1 is 0.370 bits per heavy atom. The van der Waals surface area contributed by atoms with E-state index in [0.29, 0.717) is 14.1 Å². The van der Waals surface area contributed by atoms with Gasteiger partial charge in [0.2, 0.25) is 11.4 Å². The van der Waals surface area contributed by atoms with Crippen molar-refractivity contribution in [3.8, 4) is 0 Å². The first kappa shape index (κ1) is 79.3. The summed E-state index contributed by atoms with van der Waals surface area (Å²) in [6.07, 6.45) is 9.03. The second kappa shape index (κ2) is 37.1. The van der Waals surface area contributed by atoms with Gasteiger partial charge in [0.25, 0.3) is 0 Å². The minimum absolute atomic E-state index is 0. The van der Waals surface area contributed by atoms with Crippen molar-refractivity contribution in [3.05, 3.63) is 224 Å². The topological polar surface area (TPSA) is 137 Å². The Balaban J connectivity index is 0.000000373. The fourth-order valence-electron chi connectivity index (χ4n) is 10.6. The van der Waals surface area contributed by atoms with Crippen molar-refractivity contribution in [1.29, 1.82) is 0 Å². The molecule has 0 heterocycles. The van der Waals surface area contributed by atoms with E-state index in [1.54, 1.807) is 0 Å². The summed E-state index contributed by atoms with van der Waals surface area (Å²) in [7, 11) is -9.28. The van der Waals surface area contributed by atoms with Gasteiger partial charge in [-0.3, -0.25) is 0 Å². The molecule has 0 saturated carbocycles. The Morgan fingerprint density at radius 2 is 0.587 bits per heavy atom. The van der Waals surface area contributed by atoms with Crippen molar-refractivity contribution >= 4 is 76.5 Å². The maximum atomic E-state index is 11.2. The number of allylic oxidation sites excluding steroid dienone is 6. The standard InChI is InChI=1S/2C33H39N3.2C2H3F3NO2S.ClH.Li/c2*1-6-34-32-24-23-31(29-13-11-12-14-30(29)32)33(25-15-19-27(20-16-25)35(7-2)8-3)26-17-21-28(22-18-26)36(9-4)10-5;2*1-6-9(7,8)2(3,4)5;;/h2*11-24H,6-10H2,1-5H3;2*1H3;1H;/q;;2*-1;;+1/p+1. The Morgan fingerprint density at radius 3 is 0.761 bits per heavy atom. The van der Waals surface area contributed by atoms with E-state index in [1.807, 2.05) is 0 Å². The van der Waals surface area contributed by atoms with Crippen LogP contribution in [0.1, 0.15) is 114 Å². The molecule has 8 rings (SSSR count). The van der Waals surface area contributed by atoms with Crippen LogP contribution < -0.4 is 60.9 Å². The molecule has 2 aliphatic carbocycles. The number of nitrogens with one attached hydrogen (secondary N) is 2. The quantitative estimate of drug-likeness (QED) is 0.0602. The van der Waals surface area contributed by atoms with E-state index >= 15 is 0 Å². The molecule has 492 valence electrons. The molecule has 92 heavy (non-hydrogen) atoms. The van der Waals surface area contributed by atoms with Gasteiger partial charge in [0.05, 0.1) is 11.1 Å². The smallest absolute Gasteiger partial charge is 1.00 e. The number of halogens is 7. The van der Waals surface area contributed by atoms with E-state index in [4.69, 9.17) is 0 Å². The van der Waals surface area contributed by atoms with Crippen LogP contribution in [0.4, 0.5) is 49.1 Å². The SMILES string of the molecule is CC[NH+]=C1C=CC(=C(c2ccc(N(CC)CC)cc2)c2ccc(N(CC)CC)cc2)c2ccccc21.CC[NH+]=C1C=CC(=C(c2ccc(N(CC)CC)cc2)c2ccc(N(CC)CC)cc2)c2ccccc21.C[N-]S(=O)(=O)C(F)(F)F.C[N-]S(=O)(=O)C(F)(F)F.[Cl-].[Li+]. The first-order valence-corrected chi connectivity index (χ1v) is 33.3. The third kappa shape index (κ3) is 20.1. The summed E-state index contributed by atoms with van der Waals surface area (Å²) in [5.41, 5.74) is 12.0. The maximum absolute atomic E-state index is 11.2. The average molecular weight is 1320 g/mol. The van der Waals surface area contributed by atoms with Crippen molar-refractivity contribution in [1.82, 2.24) is 0 Å². The summed E-state index contributed by atoms with van der Waals surface area (Å²) in [6, 6.07) is 53.9. The summed E-state index contributed by atoms with van der Waals surface area (Å²) < 4.78 is 110. The van der Waals surface area contributed by atoms with Crippen molar-refractivity contribution in [2.24, 2.45) is 0 Å². The number of hydrogen-bond acceptors (Lipinski definition) is 8. The normalized spacial score (nSPS) is 13.3. The van der Waals surface area contributed by atoms with Crippen molar-refractivity contribution < 1.29 is 84.4 Å². The van der Waals surface area contributed by atoms with Crippen LogP contribution >= 0.6 is 0 Å². The third-order valence-corrected chi connectivity index (χ3v) is 17.5. The van der Waals surface area contributed by atoms with Gasteiger partial charge in [0.1, 0.15) is 13.1 Å². The summed E-state index contributed by atoms with van der Waals surface area (Å²) in [6.45, 7) is 31.9. The van der Waals surface area contributed by atoms with Gasteiger partial charge in [-0.15, -0.1) is 0 Å². The molecule has 0 aromatic heterocycles. The number of benzene rings is 6. The van der Waals surface area contributed by atoms with E-state index in [2.05, 4.69) is 278 Å². The molecule has 0 saturated heterocycles. The fourth-order valence-corrected chi connectivity index (χ4v) is 11.0. The third-order valence-electron chi connectivity index (χ3n) is 15.3. The zero-order valence-corrected chi connectivity index (χ0v) is 57.4. The fraction of sp³-hybridized carbons (Fsp3) is 0.343. The molecule has 6 aromatic rings. The summed E-state index contributed by atoms with van der Waals surface area (Å²) in [4.78, 5) is 16.7. The molecule has 12 nitrogen and oxygen atoms in total. The van der Waals surface area contributed by atoms with Gasteiger partial charge in [0.15, 0.2) is 20.0 Å². The summed E-state index contributed by atoms with van der Waals surface area (Å²) in [5.74, 6) is 0. The summed E-state index contributed by atoms with van der Waals surface area (Å²) >= 11 is 0. The molecule has 0 atom stereocenters. The number of nitrogens with zero attached hydrogens (tertiary/aromatic N) is 6. The Kier molecular flexibility index (Phi) is 32.0. The number of anilines is 4. The van der Waals surface area contributed by atoms with Crippen molar-refractivity contribution in [2.45, 2.75) is 80.3 Å². The second-order valence-electron chi connectivity index (χ2n) is 20.3. The van der Waals surface area contributed by atoms with Gasteiger partial charge in [-0.1, -0.05) is 84.9 Å². The minimum Gasteiger partial charge on any atom is -1.00 e. The van der Waals surface area contributed by atoms with Crippen molar-refractivity contribution in [2.75, 3.05) is 99.1 Å². The molecule has 0 radical (unpaired) electrons. The van der Waals surface area contributed by atoms with E-state index in [1.165, 1.54) is 101 Å². The Labute approximate surface area is 560 Å². The first-order valence-electron chi connectivity index (χ1n) is 30.4. The Hall–Kier alpha value is -6.89. The van der Waals surface area contributed by atoms with Crippen LogP contribution in [0.25, 0.3) is 31.7 Å². The number of hydrogen-bond donors (Lipinski definition) is 2. The van der Waals surface area contributed by atoms with E-state index < -0.39 is 31.1 Å². The van der Waals surface area contributed by atoms with Crippen LogP contribution in [-0.4, -0.2) is 119 Å². The second-order valence-corrected chi connectivity index (χ2v) is 23.9. The van der Waals surface area contributed by atoms with Crippen LogP contribution in [0, 0.1) is 0 Å².